The van der Waals surface area contributed by atoms with Crippen molar-refractivity contribution in [1.82, 2.24) is 5.32 Å². The number of unbranched alkanes of at least 4 members (excludes halogenated alkanes) is 30. The molecule has 3 N–H and O–H groups in total. The zero-order valence-electron chi connectivity index (χ0n) is 41.8. The van der Waals surface area contributed by atoms with Crippen molar-refractivity contribution in [2.45, 2.75) is 276 Å². The summed E-state index contributed by atoms with van der Waals surface area (Å²) in [6.07, 6.45) is 78.9. The minimum absolute atomic E-state index is 0.0770. The van der Waals surface area contributed by atoms with Crippen LogP contribution in [0, 0.1) is 0 Å². The maximum atomic E-state index is 12.4. The van der Waals surface area contributed by atoms with Crippen LogP contribution >= 0.6 is 0 Å². The molecular weight excluding hydrogens is 771 g/mol. The van der Waals surface area contributed by atoms with Crippen LogP contribution in [0.1, 0.15) is 264 Å². The zero-order chi connectivity index (χ0) is 45.6. The minimum Gasteiger partial charge on any atom is -0.394 e. The molecule has 0 aromatic heterocycles. The van der Waals surface area contributed by atoms with E-state index in [0.29, 0.717) is 6.42 Å². The molecule has 1 amide bonds. The summed E-state index contributed by atoms with van der Waals surface area (Å²) in [5.41, 5.74) is 0. The van der Waals surface area contributed by atoms with Gasteiger partial charge in [-0.25, -0.2) is 0 Å². The van der Waals surface area contributed by atoms with E-state index in [0.717, 1.165) is 64.2 Å². The lowest BCUT2D eigenvalue weighted by molar-refractivity contribution is -0.123. The van der Waals surface area contributed by atoms with Crippen molar-refractivity contribution in [2.75, 3.05) is 6.61 Å². The molecular formula is C59H105NO3. The number of aliphatic hydroxyl groups excluding tert-OH is 2. The van der Waals surface area contributed by atoms with E-state index in [2.05, 4.69) is 92.1 Å². The van der Waals surface area contributed by atoms with Gasteiger partial charge in [-0.15, -0.1) is 0 Å². The van der Waals surface area contributed by atoms with Gasteiger partial charge >= 0.3 is 0 Å². The fourth-order valence-electron chi connectivity index (χ4n) is 7.97. The second-order valence-corrected chi connectivity index (χ2v) is 18.2. The number of hydrogen-bond donors (Lipinski definition) is 3. The summed E-state index contributed by atoms with van der Waals surface area (Å²) in [7, 11) is 0. The zero-order valence-corrected chi connectivity index (χ0v) is 41.8. The topological polar surface area (TPSA) is 69.6 Å². The first kappa shape index (κ1) is 60.6. The number of amides is 1. The highest BCUT2D eigenvalue weighted by atomic mass is 16.3. The van der Waals surface area contributed by atoms with Gasteiger partial charge in [0.15, 0.2) is 0 Å². The standard InChI is InChI=1S/C59H105NO3/c1-3-5-7-9-11-13-15-17-19-21-22-23-24-25-26-27-28-29-30-31-32-33-34-35-36-37-38-39-41-43-45-47-49-51-53-55-59(63)60-57(56-61)58(62)54-52-50-48-46-44-42-40-20-18-16-14-12-10-8-6-4-2/h5,7,11,13,17-20,22-23,44,46,52,54,57-58,61-62H,3-4,6,8-10,12,14-16,21,24-43,45,47-51,53,55-56H2,1-2H3,(H,60,63)/b7-5-,13-11-,19-17-,20-18+,23-22-,46-44+,54-52+. The Morgan fingerprint density at radius 3 is 1.11 bits per heavy atom. The Hall–Kier alpha value is -2.43. The number of hydrogen-bond acceptors (Lipinski definition) is 3. The molecule has 2 unspecified atom stereocenters. The number of aliphatic hydroxyl groups is 2. The molecule has 0 aliphatic carbocycles. The van der Waals surface area contributed by atoms with Crippen LogP contribution in [0.4, 0.5) is 0 Å². The molecule has 0 heterocycles. The highest BCUT2D eigenvalue weighted by Gasteiger charge is 2.17. The summed E-state index contributed by atoms with van der Waals surface area (Å²) in [6.45, 7) is 4.18. The molecule has 0 radical (unpaired) electrons. The molecule has 0 rings (SSSR count). The van der Waals surface area contributed by atoms with Crippen molar-refractivity contribution < 1.29 is 15.0 Å². The quantitative estimate of drug-likeness (QED) is 0.0421. The molecule has 2 atom stereocenters. The van der Waals surface area contributed by atoms with Crippen LogP contribution < -0.4 is 5.32 Å². The number of carbonyl (C=O) groups excluding carboxylic acids is 1. The molecule has 4 nitrogen and oxygen atoms in total. The summed E-state index contributed by atoms with van der Waals surface area (Å²) >= 11 is 0. The van der Waals surface area contributed by atoms with Crippen molar-refractivity contribution >= 4 is 5.91 Å². The maximum absolute atomic E-state index is 12.4. The van der Waals surface area contributed by atoms with Gasteiger partial charge in [-0.2, -0.15) is 0 Å². The largest absolute Gasteiger partial charge is 0.394 e. The van der Waals surface area contributed by atoms with Crippen molar-refractivity contribution in [3.05, 3.63) is 85.1 Å². The average Bonchev–Trinajstić information content (AvgIpc) is 3.29. The van der Waals surface area contributed by atoms with Gasteiger partial charge in [0.25, 0.3) is 0 Å². The van der Waals surface area contributed by atoms with Crippen LogP contribution in [-0.4, -0.2) is 34.9 Å². The number of nitrogens with one attached hydrogen (secondary N) is 1. The van der Waals surface area contributed by atoms with Crippen LogP contribution in [0.5, 0.6) is 0 Å². The summed E-state index contributed by atoms with van der Waals surface area (Å²) in [6, 6.07) is -0.647. The number of allylic oxidation sites excluding steroid dienone is 13. The van der Waals surface area contributed by atoms with Crippen molar-refractivity contribution in [2.24, 2.45) is 0 Å². The lowest BCUT2D eigenvalue weighted by Gasteiger charge is -2.19. The van der Waals surface area contributed by atoms with Crippen LogP contribution in [0.3, 0.4) is 0 Å². The summed E-state index contributed by atoms with van der Waals surface area (Å²) in [5, 5.41) is 23.1. The smallest absolute Gasteiger partial charge is 0.220 e. The predicted octanol–water partition coefficient (Wildman–Crippen LogP) is 18.0. The van der Waals surface area contributed by atoms with E-state index in [1.54, 1.807) is 6.08 Å². The fourth-order valence-corrected chi connectivity index (χ4v) is 7.97. The molecule has 364 valence electrons. The van der Waals surface area contributed by atoms with E-state index in [1.165, 1.54) is 180 Å². The maximum Gasteiger partial charge on any atom is 0.220 e. The number of rotatable bonds is 49. The van der Waals surface area contributed by atoms with Crippen molar-refractivity contribution in [3.8, 4) is 0 Å². The predicted molar refractivity (Wildman–Crippen MR) is 280 cm³/mol. The molecule has 0 aliphatic heterocycles. The van der Waals surface area contributed by atoms with Crippen molar-refractivity contribution in [3.63, 3.8) is 0 Å². The highest BCUT2D eigenvalue weighted by molar-refractivity contribution is 5.76. The Kier molecular flexibility index (Phi) is 51.8. The van der Waals surface area contributed by atoms with E-state index in [1.807, 2.05) is 6.08 Å². The Balaban J connectivity index is 3.48. The van der Waals surface area contributed by atoms with Gasteiger partial charge in [0.2, 0.25) is 5.91 Å². The third-order valence-corrected chi connectivity index (χ3v) is 12.1. The first-order valence-corrected chi connectivity index (χ1v) is 27.3. The van der Waals surface area contributed by atoms with Gasteiger partial charge in [-0.05, 0) is 83.5 Å². The Labute approximate surface area is 392 Å². The first-order chi connectivity index (χ1) is 31.2. The summed E-state index contributed by atoms with van der Waals surface area (Å²) < 4.78 is 0. The third-order valence-electron chi connectivity index (χ3n) is 12.1. The Morgan fingerprint density at radius 1 is 0.397 bits per heavy atom. The molecule has 4 heteroatoms. The molecule has 63 heavy (non-hydrogen) atoms. The fraction of sp³-hybridized carbons (Fsp3) is 0.746. The molecule has 0 saturated heterocycles. The molecule has 0 aliphatic rings. The SMILES string of the molecule is CC/C=C\C/C=C\C/C=C\C/C=C\CCCCCCCCCCCCCCCCCCCCCCCCC(=O)NC(CO)C(O)/C=C/CC/C=C/CC/C=C/CCCCCCCC. The molecule has 0 fully saturated rings. The van der Waals surface area contributed by atoms with Crippen LogP contribution in [0.2, 0.25) is 0 Å². The van der Waals surface area contributed by atoms with Gasteiger partial charge in [-0.3, -0.25) is 4.79 Å². The number of carbonyl (C=O) groups is 1. The third kappa shape index (κ3) is 50.4. The normalized spacial score (nSPS) is 13.5. The first-order valence-electron chi connectivity index (χ1n) is 27.3. The van der Waals surface area contributed by atoms with E-state index < -0.39 is 12.1 Å². The highest BCUT2D eigenvalue weighted by Crippen LogP contribution is 2.16. The van der Waals surface area contributed by atoms with Crippen LogP contribution in [-0.2, 0) is 4.79 Å². The van der Waals surface area contributed by atoms with E-state index >= 15 is 0 Å². The van der Waals surface area contributed by atoms with Crippen molar-refractivity contribution in [1.29, 1.82) is 0 Å². The van der Waals surface area contributed by atoms with Gasteiger partial charge < -0.3 is 15.5 Å². The molecule has 0 aromatic rings. The lowest BCUT2D eigenvalue weighted by Crippen LogP contribution is -2.45. The Morgan fingerprint density at radius 2 is 0.714 bits per heavy atom. The second-order valence-electron chi connectivity index (χ2n) is 18.2. The summed E-state index contributed by atoms with van der Waals surface area (Å²) in [5.74, 6) is -0.0770. The van der Waals surface area contributed by atoms with Gasteiger partial charge in [0, 0.05) is 6.42 Å². The van der Waals surface area contributed by atoms with Gasteiger partial charge in [0.1, 0.15) is 0 Å². The summed E-state index contributed by atoms with van der Waals surface area (Å²) in [4.78, 5) is 12.4. The van der Waals surface area contributed by atoms with E-state index in [-0.39, 0.29) is 12.5 Å². The van der Waals surface area contributed by atoms with Gasteiger partial charge in [-0.1, -0.05) is 259 Å². The second kappa shape index (κ2) is 53.9. The van der Waals surface area contributed by atoms with E-state index in [4.69, 9.17) is 0 Å². The molecule has 0 spiro atoms. The molecule has 0 saturated carbocycles. The van der Waals surface area contributed by atoms with Crippen LogP contribution in [0.25, 0.3) is 0 Å². The lowest BCUT2D eigenvalue weighted by atomic mass is 10.0. The Bertz CT molecular complexity index is 1130. The monoisotopic (exact) mass is 876 g/mol. The molecule has 0 aromatic carbocycles. The minimum atomic E-state index is -0.871. The van der Waals surface area contributed by atoms with Gasteiger partial charge in [0.05, 0.1) is 18.8 Å². The molecule has 0 bridgehead atoms. The average molecular weight is 876 g/mol. The van der Waals surface area contributed by atoms with E-state index in [9.17, 15) is 15.0 Å². The van der Waals surface area contributed by atoms with Crippen LogP contribution in [0.15, 0.2) is 85.1 Å².